The second-order valence-electron chi connectivity index (χ2n) is 9.19. The zero-order valence-corrected chi connectivity index (χ0v) is 20.2. The van der Waals surface area contributed by atoms with Crippen LogP contribution in [0.2, 0.25) is 0 Å². The summed E-state index contributed by atoms with van der Waals surface area (Å²) in [6.45, 7) is 6.77. The molecule has 1 fully saturated rings. The molecule has 3 aromatic carbocycles. The number of halogens is 2. The van der Waals surface area contributed by atoms with Crippen LogP contribution in [0.5, 0.6) is 0 Å². The molecule has 0 spiro atoms. The lowest BCUT2D eigenvalue weighted by molar-refractivity contribution is 0.102. The quantitative estimate of drug-likeness (QED) is 0.394. The van der Waals surface area contributed by atoms with Crippen LogP contribution >= 0.6 is 0 Å². The van der Waals surface area contributed by atoms with Gasteiger partial charge in [0.2, 0.25) is 0 Å². The van der Waals surface area contributed by atoms with Gasteiger partial charge in [0.05, 0.1) is 5.52 Å². The van der Waals surface area contributed by atoms with E-state index in [1.54, 1.807) is 6.07 Å². The molecule has 0 saturated carbocycles. The van der Waals surface area contributed by atoms with Crippen LogP contribution in [-0.2, 0) is 6.42 Å². The van der Waals surface area contributed by atoms with E-state index >= 15 is 0 Å². The fourth-order valence-corrected chi connectivity index (χ4v) is 4.71. The zero-order valence-electron chi connectivity index (χ0n) is 20.2. The second-order valence-corrected chi connectivity index (χ2v) is 9.19. The molecular formula is C29H28F2N4O. The number of carbonyl (C=O) groups is 1. The average molecular weight is 487 g/mol. The first-order chi connectivity index (χ1) is 17.4. The number of anilines is 2. The molecule has 0 bridgehead atoms. The molecular weight excluding hydrogens is 458 g/mol. The van der Waals surface area contributed by atoms with E-state index in [0.717, 1.165) is 74.1 Å². The fourth-order valence-electron chi connectivity index (χ4n) is 4.71. The molecule has 36 heavy (non-hydrogen) atoms. The van der Waals surface area contributed by atoms with Crippen molar-refractivity contribution in [3.05, 3.63) is 101 Å². The van der Waals surface area contributed by atoms with Crippen LogP contribution in [0.4, 0.5) is 20.2 Å². The van der Waals surface area contributed by atoms with Crippen molar-refractivity contribution < 1.29 is 13.6 Å². The summed E-state index contributed by atoms with van der Waals surface area (Å²) >= 11 is 0. The number of aromatic nitrogens is 1. The van der Waals surface area contributed by atoms with Crippen molar-refractivity contribution in [1.82, 2.24) is 9.88 Å². The molecule has 5 nitrogen and oxygen atoms in total. The van der Waals surface area contributed by atoms with E-state index in [4.69, 9.17) is 0 Å². The molecule has 5 rings (SSSR count). The Morgan fingerprint density at radius 1 is 0.917 bits per heavy atom. The van der Waals surface area contributed by atoms with Gasteiger partial charge in [-0.25, -0.2) is 8.78 Å². The molecule has 1 amide bonds. The number of hydrogen-bond acceptors (Lipinski definition) is 4. The summed E-state index contributed by atoms with van der Waals surface area (Å²) in [7, 11) is 0. The number of amides is 1. The van der Waals surface area contributed by atoms with Gasteiger partial charge in [0.15, 0.2) is 0 Å². The molecule has 2 heterocycles. The van der Waals surface area contributed by atoms with Gasteiger partial charge in [-0.15, -0.1) is 0 Å². The van der Waals surface area contributed by atoms with E-state index in [0.29, 0.717) is 5.69 Å². The summed E-state index contributed by atoms with van der Waals surface area (Å²) in [5, 5.41) is 3.93. The first-order valence-corrected chi connectivity index (χ1v) is 12.1. The van der Waals surface area contributed by atoms with Crippen LogP contribution in [0.3, 0.4) is 0 Å². The third kappa shape index (κ3) is 5.52. The number of carbonyl (C=O) groups excluding carboxylic acids is 1. The normalized spacial score (nSPS) is 14.2. The zero-order chi connectivity index (χ0) is 25.1. The average Bonchev–Trinajstić information content (AvgIpc) is 2.87. The largest absolute Gasteiger partial charge is 0.368 e. The Kier molecular flexibility index (Phi) is 6.91. The lowest BCUT2D eigenvalue weighted by Crippen LogP contribution is -2.47. The summed E-state index contributed by atoms with van der Waals surface area (Å²) in [4.78, 5) is 22.0. The van der Waals surface area contributed by atoms with Gasteiger partial charge in [-0.2, -0.15) is 0 Å². The molecule has 0 aliphatic carbocycles. The van der Waals surface area contributed by atoms with Crippen molar-refractivity contribution in [2.45, 2.75) is 13.3 Å². The number of aryl methyl sites for hydroxylation is 1. The SMILES string of the molecule is Cc1ccc2c(N3CCN(CCc4cccc(NC(=O)c5cc(F)cc(F)c5)c4)CC3)cccc2n1. The van der Waals surface area contributed by atoms with E-state index in [-0.39, 0.29) is 5.56 Å². The Labute approximate surface area is 209 Å². The van der Waals surface area contributed by atoms with Crippen LogP contribution < -0.4 is 10.2 Å². The van der Waals surface area contributed by atoms with Gasteiger partial charge in [0.1, 0.15) is 11.6 Å². The highest BCUT2D eigenvalue weighted by Gasteiger charge is 2.19. The molecule has 7 heteroatoms. The van der Waals surface area contributed by atoms with Crippen molar-refractivity contribution in [1.29, 1.82) is 0 Å². The van der Waals surface area contributed by atoms with Gasteiger partial charge in [-0.1, -0.05) is 18.2 Å². The molecule has 1 aromatic heterocycles. The van der Waals surface area contributed by atoms with Crippen LogP contribution in [0.25, 0.3) is 10.9 Å². The minimum absolute atomic E-state index is 0.0483. The predicted octanol–water partition coefficient (Wildman–Crippen LogP) is 5.44. The predicted molar refractivity (Wildman–Crippen MR) is 140 cm³/mol. The molecule has 0 radical (unpaired) electrons. The number of piperazine rings is 1. The Morgan fingerprint density at radius 2 is 1.67 bits per heavy atom. The minimum Gasteiger partial charge on any atom is -0.368 e. The number of pyridine rings is 1. The Balaban J connectivity index is 1.16. The second kappa shape index (κ2) is 10.4. The highest BCUT2D eigenvalue weighted by Crippen LogP contribution is 2.27. The van der Waals surface area contributed by atoms with Gasteiger partial charge >= 0.3 is 0 Å². The highest BCUT2D eigenvalue weighted by atomic mass is 19.1. The van der Waals surface area contributed by atoms with Crippen LogP contribution in [0.1, 0.15) is 21.6 Å². The summed E-state index contributed by atoms with van der Waals surface area (Å²) in [5.41, 5.74) is 4.94. The smallest absolute Gasteiger partial charge is 0.255 e. The number of fused-ring (bicyclic) bond motifs is 1. The van der Waals surface area contributed by atoms with Crippen LogP contribution in [-0.4, -0.2) is 48.5 Å². The summed E-state index contributed by atoms with van der Waals surface area (Å²) in [5.74, 6) is -2.09. The summed E-state index contributed by atoms with van der Waals surface area (Å²) in [6.07, 6.45) is 0.843. The van der Waals surface area contributed by atoms with Crippen molar-refractivity contribution in [2.24, 2.45) is 0 Å². The summed E-state index contributed by atoms with van der Waals surface area (Å²) < 4.78 is 26.9. The first kappa shape index (κ1) is 23.9. The van der Waals surface area contributed by atoms with Crippen molar-refractivity contribution in [3.63, 3.8) is 0 Å². The molecule has 1 N–H and O–H groups in total. The number of nitrogens with one attached hydrogen (secondary N) is 1. The topological polar surface area (TPSA) is 48.5 Å². The molecule has 0 atom stereocenters. The van der Waals surface area contributed by atoms with E-state index < -0.39 is 17.5 Å². The molecule has 184 valence electrons. The van der Waals surface area contributed by atoms with Crippen molar-refractivity contribution >= 4 is 28.2 Å². The van der Waals surface area contributed by atoms with E-state index in [2.05, 4.69) is 50.4 Å². The molecule has 4 aromatic rings. The number of hydrogen-bond donors (Lipinski definition) is 1. The lowest BCUT2D eigenvalue weighted by Gasteiger charge is -2.36. The molecule has 1 saturated heterocycles. The van der Waals surface area contributed by atoms with E-state index in [1.807, 2.05) is 25.1 Å². The van der Waals surface area contributed by atoms with Gasteiger partial charge in [-0.05, 0) is 67.4 Å². The number of rotatable bonds is 6. The maximum absolute atomic E-state index is 13.4. The van der Waals surface area contributed by atoms with E-state index in [1.165, 1.54) is 11.1 Å². The van der Waals surface area contributed by atoms with Gasteiger partial charge in [0, 0.05) is 66.8 Å². The Hall–Kier alpha value is -3.84. The van der Waals surface area contributed by atoms with Crippen LogP contribution in [0, 0.1) is 18.6 Å². The minimum atomic E-state index is -0.777. The number of nitrogens with zero attached hydrogens (tertiary/aromatic N) is 3. The molecule has 1 aliphatic heterocycles. The number of benzene rings is 3. The molecule has 1 aliphatic rings. The third-order valence-corrected chi connectivity index (χ3v) is 6.59. The van der Waals surface area contributed by atoms with Crippen LogP contribution in [0.15, 0.2) is 72.8 Å². The third-order valence-electron chi connectivity index (χ3n) is 6.59. The monoisotopic (exact) mass is 486 g/mol. The van der Waals surface area contributed by atoms with Gasteiger partial charge < -0.3 is 10.2 Å². The maximum Gasteiger partial charge on any atom is 0.255 e. The maximum atomic E-state index is 13.4. The Bertz CT molecular complexity index is 1380. The van der Waals surface area contributed by atoms with E-state index in [9.17, 15) is 13.6 Å². The van der Waals surface area contributed by atoms with Crippen molar-refractivity contribution in [2.75, 3.05) is 42.9 Å². The van der Waals surface area contributed by atoms with Crippen molar-refractivity contribution in [3.8, 4) is 0 Å². The van der Waals surface area contributed by atoms with Gasteiger partial charge in [-0.3, -0.25) is 14.7 Å². The highest BCUT2D eigenvalue weighted by molar-refractivity contribution is 6.04. The lowest BCUT2D eigenvalue weighted by atomic mass is 10.1. The summed E-state index contributed by atoms with van der Waals surface area (Å²) in [6, 6.07) is 20.9. The first-order valence-electron chi connectivity index (χ1n) is 12.1. The fraction of sp³-hybridized carbons (Fsp3) is 0.241. The standard InChI is InChI=1S/C29H28F2N4O/c1-20-8-9-26-27(32-20)6-3-7-28(26)35-14-12-34(13-15-35)11-10-21-4-2-5-25(16-21)33-29(36)22-17-23(30)19-24(31)18-22/h2-9,16-19H,10-15H2,1H3,(H,33,36). The van der Waals surface area contributed by atoms with Gasteiger partial charge in [0.25, 0.3) is 5.91 Å². The Morgan fingerprint density at radius 3 is 2.44 bits per heavy atom. The molecule has 0 unspecified atom stereocenters.